The molecule has 1 N–H and O–H groups in total. The molecule has 0 aromatic carbocycles. The molecule has 3 nitrogen and oxygen atoms in total. The molecule has 0 bridgehead atoms. The Morgan fingerprint density at radius 1 is 1.29 bits per heavy atom. The largest absolute Gasteiger partial charge is 0.464 e. The summed E-state index contributed by atoms with van der Waals surface area (Å²) >= 11 is 6.02. The zero-order chi connectivity index (χ0) is 12.3. The van der Waals surface area contributed by atoms with Gasteiger partial charge < -0.3 is 9.73 Å². The topological polar surface area (TPSA) is 38.1 Å². The molecule has 0 saturated heterocycles. The van der Waals surface area contributed by atoms with Crippen LogP contribution >= 0.6 is 11.6 Å². The third-order valence-corrected chi connectivity index (χ3v) is 2.90. The first-order chi connectivity index (χ1) is 8.20. The first-order valence-electron chi connectivity index (χ1n) is 5.63. The molecule has 2 aromatic heterocycles. The van der Waals surface area contributed by atoms with Crippen molar-refractivity contribution in [2.45, 2.75) is 26.8 Å². The number of hydrogen-bond donors (Lipinski definition) is 1. The van der Waals surface area contributed by atoms with Crippen molar-refractivity contribution in [2.24, 2.45) is 0 Å². The predicted molar refractivity (Wildman–Crippen MR) is 69.4 cm³/mol. The first-order valence-corrected chi connectivity index (χ1v) is 6.01. The van der Waals surface area contributed by atoms with Gasteiger partial charge in [0, 0.05) is 12.6 Å². The quantitative estimate of drug-likeness (QED) is 0.839. The van der Waals surface area contributed by atoms with Crippen LogP contribution in [-0.2, 0) is 13.0 Å². The van der Waals surface area contributed by atoms with Crippen molar-refractivity contribution in [3.05, 3.63) is 46.6 Å². The monoisotopic (exact) mass is 250 g/mol. The van der Waals surface area contributed by atoms with Crippen LogP contribution in [0.2, 0.25) is 5.15 Å². The van der Waals surface area contributed by atoms with Crippen LogP contribution in [0.1, 0.15) is 24.0 Å². The maximum Gasteiger partial charge on any atom is 0.152 e. The molecule has 0 saturated carbocycles. The number of aromatic nitrogens is 1. The Hall–Kier alpha value is -1.48. The molecular weight excluding hydrogens is 236 g/mol. The first kappa shape index (κ1) is 12.0. The molecule has 90 valence electrons. The van der Waals surface area contributed by atoms with Crippen molar-refractivity contribution in [2.75, 3.05) is 5.32 Å². The summed E-state index contributed by atoms with van der Waals surface area (Å²) < 4.78 is 5.61. The van der Waals surface area contributed by atoms with Gasteiger partial charge in [-0.25, -0.2) is 4.98 Å². The van der Waals surface area contributed by atoms with Crippen molar-refractivity contribution in [1.82, 2.24) is 4.98 Å². The molecule has 0 aliphatic carbocycles. The Labute approximate surface area is 106 Å². The van der Waals surface area contributed by atoms with Gasteiger partial charge in [0.25, 0.3) is 0 Å². The molecule has 2 rings (SSSR count). The van der Waals surface area contributed by atoms with E-state index in [4.69, 9.17) is 16.0 Å². The van der Waals surface area contributed by atoms with E-state index in [1.165, 1.54) is 0 Å². The maximum atomic E-state index is 6.02. The lowest BCUT2D eigenvalue weighted by molar-refractivity contribution is 0.476. The van der Waals surface area contributed by atoms with Gasteiger partial charge in [0.1, 0.15) is 11.5 Å². The van der Waals surface area contributed by atoms with E-state index in [1.807, 2.05) is 25.1 Å². The molecular formula is C13H15ClN2O. The standard InChI is InChI=1S/C13H15ClN2O/c1-3-10-4-5-11(17-10)8-16-12-9(2)6-7-15-13(12)14/h4-7,16H,3,8H2,1-2H3. The molecule has 0 aliphatic rings. The number of rotatable bonds is 4. The molecule has 0 spiro atoms. The van der Waals surface area contributed by atoms with E-state index in [1.54, 1.807) is 6.20 Å². The van der Waals surface area contributed by atoms with E-state index in [0.29, 0.717) is 11.7 Å². The number of nitrogens with one attached hydrogen (secondary N) is 1. The molecule has 0 atom stereocenters. The zero-order valence-electron chi connectivity index (χ0n) is 9.96. The molecule has 4 heteroatoms. The zero-order valence-corrected chi connectivity index (χ0v) is 10.7. The molecule has 2 heterocycles. The summed E-state index contributed by atoms with van der Waals surface area (Å²) in [6.45, 7) is 4.68. The van der Waals surface area contributed by atoms with Gasteiger partial charge >= 0.3 is 0 Å². The van der Waals surface area contributed by atoms with Crippen LogP contribution in [0.5, 0.6) is 0 Å². The average Bonchev–Trinajstić information content (AvgIpc) is 2.76. The highest BCUT2D eigenvalue weighted by atomic mass is 35.5. The van der Waals surface area contributed by atoms with Gasteiger partial charge in [-0.2, -0.15) is 0 Å². The van der Waals surface area contributed by atoms with E-state index in [0.717, 1.165) is 29.2 Å². The fraction of sp³-hybridized carbons (Fsp3) is 0.308. The highest BCUT2D eigenvalue weighted by molar-refractivity contribution is 6.32. The van der Waals surface area contributed by atoms with Gasteiger partial charge in [0.05, 0.1) is 12.2 Å². The Kier molecular flexibility index (Phi) is 3.69. The fourth-order valence-corrected chi connectivity index (χ4v) is 1.89. The summed E-state index contributed by atoms with van der Waals surface area (Å²) in [7, 11) is 0. The maximum absolute atomic E-state index is 6.02. The van der Waals surface area contributed by atoms with Gasteiger partial charge in [-0.3, -0.25) is 0 Å². The minimum atomic E-state index is 0.493. The summed E-state index contributed by atoms with van der Waals surface area (Å²) in [5.41, 5.74) is 1.94. The Morgan fingerprint density at radius 3 is 2.71 bits per heavy atom. The number of aryl methyl sites for hydroxylation is 2. The van der Waals surface area contributed by atoms with Crippen molar-refractivity contribution in [3.63, 3.8) is 0 Å². The number of anilines is 1. The smallest absolute Gasteiger partial charge is 0.152 e. The molecule has 2 aromatic rings. The van der Waals surface area contributed by atoms with Gasteiger partial charge in [-0.1, -0.05) is 18.5 Å². The van der Waals surface area contributed by atoms with Crippen LogP contribution in [0.3, 0.4) is 0 Å². The second kappa shape index (κ2) is 5.23. The average molecular weight is 251 g/mol. The van der Waals surface area contributed by atoms with Crippen molar-refractivity contribution in [1.29, 1.82) is 0 Å². The normalized spacial score (nSPS) is 10.5. The molecule has 0 fully saturated rings. The SMILES string of the molecule is CCc1ccc(CNc2c(C)ccnc2Cl)o1. The highest BCUT2D eigenvalue weighted by Gasteiger charge is 2.06. The second-order valence-corrected chi connectivity index (χ2v) is 4.23. The molecule has 0 unspecified atom stereocenters. The molecule has 0 radical (unpaired) electrons. The van der Waals surface area contributed by atoms with Crippen LogP contribution in [0, 0.1) is 6.92 Å². The Balaban J connectivity index is 2.07. The van der Waals surface area contributed by atoms with E-state index >= 15 is 0 Å². The molecule has 0 aliphatic heterocycles. The third kappa shape index (κ3) is 2.80. The number of hydrogen-bond acceptors (Lipinski definition) is 3. The van der Waals surface area contributed by atoms with E-state index in [9.17, 15) is 0 Å². The van der Waals surface area contributed by atoms with E-state index in [2.05, 4.69) is 17.2 Å². The number of furan rings is 1. The van der Waals surface area contributed by atoms with Crippen LogP contribution in [0.15, 0.2) is 28.8 Å². The number of pyridine rings is 1. The van der Waals surface area contributed by atoms with Crippen LogP contribution in [0.4, 0.5) is 5.69 Å². The van der Waals surface area contributed by atoms with Crippen LogP contribution in [0.25, 0.3) is 0 Å². The van der Waals surface area contributed by atoms with Crippen molar-refractivity contribution < 1.29 is 4.42 Å². The van der Waals surface area contributed by atoms with E-state index < -0.39 is 0 Å². The molecule has 17 heavy (non-hydrogen) atoms. The second-order valence-electron chi connectivity index (χ2n) is 3.87. The lowest BCUT2D eigenvalue weighted by Crippen LogP contribution is -2.01. The van der Waals surface area contributed by atoms with E-state index in [-0.39, 0.29) is 0 Å². The van der Waals surface area contributed by atoms with Crippen molar-refractivity contribution in [3.8, 4) is 0 Å². The minimum absolute atomic E-state index is 0.493. The van der Waals surface area contributed by atoms with Gasteiger partial charge in [0.15, 0.2) is 5.15 Å². The van der Waals surface area contributed by atoms with Gasteiger partial charge in [0.2, 0.25) is 0 Å². The summed E-state index contributed by atoms with van der Waals surface area (Å²) in [4.78, 5) is 4.05. The van der Waals surface area contributed by atoms with Crippen LogP contribution in [-0.4, -0.2) is 4.98 Å². The van der Waals surface area contributed by atoms with Gasteiger partial charge in [-0.05, 0) is 30.7 Å². The van der Waals surface area contributed by atoms with Crippen molar-refractivity contribution >= 4 is 17.3 Å². The lowest BCUT2D eigenvalue weighted by atomic mass is 10.2. The Bertz CT molecular complexity index is 488. The van der Waals surface area contributed by atoms with Gasteiger partial charge in [-0.15, -0.1) is 0 Å². The molecule has 0 amide bonds. The number of halogens is 1. The summed E-state index contributed by atoms with van der Waals surface area (Å²) in [5.74, 6) is 1.90. The highest BCUT2D eigenvalue weighted by Crippen LogP contribution is 2.23. The summed E-state index contributed by atoms with van der Waals surface area (Å²) in [6, 6.07) is 5.90. The predicted octanol–water partition coefficient (Wildman–Crippen LogP) is 3.81. The van der Waals surface area contributed by atoms with Crippen LogP contribution < -0.4 is 5.32 Å². The minimum Gasteiger partial charge on any atom is -0.464 e. The summed E-state index contributed by atoms with van der Waals surface area (Å²) in [6.07, 6.45) is 2.61. The third-order valence-electron chi connectivity index (χ3n) is 2.62. The lowest BCUT2D eigenvalue weighted by Gasteiger charge is -2.08. The summed E-state index contributed by atoms with van der Waals surface area (Å²) in [5, 5.41) is 3.74. The fourth-order valence-electron chi connectivity index (χ4n) is 1.62. The Morgan fingerprint density at radius 2 is 2.06 bits per heavy atom. The number of nitrogens with zero attached hydrogens (tertiary/aromatic N) is 1.